The number of methoxy groups -OCH3 is 1. The third kappa shape index (κ3) is 11.2. The molecule has 0 spiro atoms. The Morgan fingerprint density at radius 1 is 1.05 bits per heavy atom. The van der Waals surface area contributed by atoms with E-state index in [1.54, 1.807) is 23.1 Å². The standard InChI is InChI=1S/C33H51IN2O7/c1-3-4-5-6-7-8-9-10-11-12-30(39)36(21-23-13-14-23)27-19-25(33(41)35-15-16-37)20-28(31(27)40)43-32-26(34)17-24(22-38)18-29(32)42-2/h17-18,20,23,27-28,31,37-38,40H,3-16,19,21-22H2,1-2H3,(H,35,41). The number of aliphatic hydroxyl groups is 3. The molecule has 2 aliphatic carbocycles. The lowest BCUT2D eigenvalue weighted by Crippen LogP contribution is -2.55. The monoisotopic (exact) mass is 714 g/mol. The van der Waals surface area contributed by atoms with Gasteiger partial charge in [0, 0.05) is 31.5 Å². The lowest BCUT2D eigenvalue weighted by Gasteiger charge is -2.41. The number of amides is 2. The summed E-state index contributed by atoms with van der Waals surface area (Å²) in [5, 5.41) is 33.3. The van der Waals surface area contributed by atoms with Gasteiger partial charge >= 0.3 is 0 Å². The van der Waals surface area contributed by atoms with Gasteiger partial charge < -0.3 is 35.0 Å². The van der Waals surface area contributed by atoms with Crippen molar-refractivity contribution in [3.63, 3.8) is 0 Å². The van der Waals surface area contributed by atoms with E-state index < -0.39 is 18.2 Å². The number of ether oxygens (including phenoxy) is 2. The number of benzene rings is 1. The zero-order chi connectivity index (χ0) is 31.2. The molecule has 4 N–H and O–H groups in total. The average molecular weight is 715 g/mol. The normalized spacial score (nSPS) is 20.0. The molecule has 0 saturated heterocycles. The average Bonchev–Trinajstić information content (AvgIpc) is 3.83. The lowest BCUT2D eigenvalue weighted by molar-refractivity contribution is -0.139. The van der Waals surface area contributed by atoms with Gasteiger partial charge in [-0.1, -0.05) is 58.3 Å². The summed E-state index contributed by atoms with van der Waals surface area (Å²) in [4.78, 5) is 28.5. The van der Waals surface area contributed by atoms with Crippen LogP contribution in [0.1, 0.15) is 96.0 Å². The van der Waals surface area contributed by atoms with Crippen LogP contribution in [0.2, 0.25) is 0 Å². The highest BCUT2D eigenvalue weighted by molar-refractivity contribution is 14.1. The molecular formula is C33H51IN2O7. The van der Waals surface area contributed by atoms with E-state index in [1.165, 1.54) is 45.6 Å². The molecule has 0 bridgehead atoms. The van der Waals surface area contributed by atoms with Crippen molar-refractivity contribution >= 4 is 34.4 Å². The van der Waals surface area contributed by atoms with Crippen LogP contribution in [0.15, 0.2) is 23.8 Å². The molecule has 10 heteroatoms. The smallest absolute Gasteiger partial charge is 0.247 e. The zero-order valence-corrected chi connectivity index (χ0v) is 28.0. The van der Waals surface area contributed by atoms with Gasteiger partial charge in [0.25, 0.3) is 0 Å². The highest BCUT2D eigenvalue weighted by atomic mass is 127. The minimum atomic E-state index is -1.07. The molecule has 9 nitrogen and oxygen atoms in total. The number of hydrogen-bond donors (Lipinski definition) is 4. The van der Waals surface area contributed by atoms with Gasteiger partial charge in [0.15, 0.2) is 11.5 Å². The number of nitrogens with zero attached hydrogens (tertiary/aromatic N) is 1. The van der Waals surface area contributed by atoms with Crippen molar-refractivity contribution in [3.05, 3.63) is 32.9 Å². The van der Waals surface area contributed by atoms with Crippen molar-refractivity contribution in [1.29, 1.82) is 0 Å². The number of hydrogen-bond acceptors (Lipinski definition) is 7. The van der Waals surface area contributed by atoms with Gasteiger partial charge in [-0.15, -0.1) is 0 Å². The van der Waals surface area contributed by atoms with Crippen LogP contribution >= 0.6 is 22.6 Å². The summed E-state index contributed by atoms with van der Waals surface area (Å²) < 4.78 is 12.6. The van der Waals surface area contributed by atoms with Crippen LogP contribution in [-0.2, 0) is 16.2 Å². The van der Waals surface area contributed by atoms with Gasteiger partial charge in [-0.25, -0.2) is 0 Å². The fourth-order valence-corrected chi connectivity index (χ4v) is 6.42. The largest absolute Gasteiger partial charge is 0.493 e. The van der Waals surface area contributed by atoms with Crippen molar-refractivity contribution in [2.45, 2.75) is 115 Å². The van der Waals surface area contributed by atoms with Crippen LogP contribution in [0.3, 0.4) is 0 Å². The van der Waals surface area contributed by atoms with E-state index in [1.807, 2.05) is 0 Å². The second-order valence-corrected chi connectivity index (χ2v) is 13.0. The number of aliphatic hydroxyl groups excluding tert-OH is 3. The molecule has 3 atom stereocenters. The van der Waals surface area contributed by atoms with Crippen molar-refractivity contribution in [3.8, 4) is 11.5 Å². The molecule has 1 aromatic carbocycles. The van der Waals surface area contributed by atoms with Gasteiger partial charge in [-0.3, -0.25) is 9.59 Å². The predicted molar refractivity (Wildman–Crippen MR) is 175 cm³/mol. The Morgan fingerprint density at radius 3 is 2.33 bits per heavy atom. The maximum absolute atomic E-state index is 13.7. The molecule has 0 radical (unpaired) electrons. The first kappa shape index (κ1) is 35.6. The Labute approximate surface area is 270 Å². The van der Waals surface area contributed by atoms with Gasteiger partial charge in [0.1, 0.15) is 12.2 Å². The summed E-state index contributed by atoms with van der Waals surface area (Å²) >= 11 is 2.09. The SMILES string of the molecule is CCCCCCCCCCCC(=O)N(CC1CC1)C1CC(C(=O)NCCO)=CC(Oc2c(I)cc(CO)cc2OC)C1O. The second kappa shape index (κ2) is 18.8. The Bertz CT molecular complexity index is 1060. The van der Waals surface area contributed by atoms with Gasteiger partial charge in [-0.2, -0.15) is 0 Å². The minimum Gasteiger partial charge on any atom is -0.493 e. The van der Waals surface area contributed by atoms with Crippen molar-refractivity contribution in [2.24, 2.45) is 5.92 Å². The fraction of sp³-hybridized carbons (Fsp3) is 0.697. The molecule has 1 aromatic rings. The Kier molecular flexibility index (Phi) is 15.6. The van der Waals surface area contributed by atoms with Gasteiger partial charge in [0.2, 0.25) is 11.8 Å². The highest BCUT2D eigenvalue weighted by Gasteiger charge is 2.42. The maximum atomic E-state index is 13.7. The van der Waals surface area contributed by atoms with E-state index in [0.29, 0.717) is 45.1 Å². The first-order chi connectivity index (χ1) is 20.8. The van der Waals surface area contributed by atoms with Crippen LogP contribution in [0.4, 0.5) is 0 Å². The predicted octanol–water partition coefficient (Wildman–Crippen LogP) is 4.87. The summed E-state index contributed by atoms with van der Waals surface area (Å²) in [6.45, 7) is 2.53. The fourth-order valence-electron chi connectivity index (χ4n) is 5.63. The van der Waals surface area contributed by atoms with Gasteiger partial charge in [0.05, 0.1) is 29.9 Å². The number of rotatable bonds is 20. The molecule has 0 aromatic heterocycles. The summed E-state index contributed by atoms with van der Waals surface area (Å²) in [5.41, 5.74) is 1.07. The molecule has 3 rings (SSSR count). The van der Waals surface area contributed by atoms with Crippen molar-refractivity contribution in [2.75, 3.05) is 26.8 Å². The van der Waals surface area contributed by atoms with Crippen LogP contribution in [0, 0.1) is 9.49 Å². The molecule has 2 amide bonds. The van der Waals surface area contributed by atoms with E-state index in [9.17, 15) is 24.9 Å². The Balaban J connectivity index is 1.76. The van der Waals surface area contributed by atoms with Crippen molar-refractivity contribution in [1.82, 2.24) is 10.2 Å². The third-order valence-electron chi connectivity index (χ3n) is 8.31. The maximum Gasteiger partial charge on any atom is 0.247 e. The quantitative estimate of drug-likeness (QED) is 0.112. The first-order valence-corrected chi connectivity index (χ1v) is 17.1. The second-order valence-electron chi connectivity index (χ2n) is 11.9. The van der Waals surface area contributed by atoms with Crippen LogP contribution in [-0.4, -0.2) is 77.1 Å². The minimum absolute atomic E-state index is 0.00845. The lowest BCUT2D eigenvalue weighted by atomic mass is 9.87. The molecule has 0 aliphatic heterocycles. The number of unbranched alkanes of at least 4 members (excludes halogenated alkanes) is 8. The third-order valence-corrected chi connectivity index (χ3v) is 9.11. The van der Waals surface area contributed by atoms with E-state index in [4.69, 9.17) is 9.47 Å². The summed E-state index contributed by atoms with van der Waals surface area (Å²) in [6, 6.07) is 2.83. The molecular weight excluding hydrogens is 663 g/mol. The van der Waals surface area contributed by atoms with E-state index in [0.717, 1.165) is 32.1 Å². The van der Waals surface area contributed by atoms with Crippen LogP contribution in [0.5, 0.6) is 11.5 Å². The summed E-state index contributed by atoms with van der Waals surface area (Å²) in [5.74, 6) is 0.861. The number of carbonyl (C=O) groups is 2. The molecule has 1 fully saturated rings. The molecule has 1 saturated carbocycles. The molecule has 2 aliphatic rings. The molecule has 43 heavy (non-hydrogen) atoms. The Morgan fingerprint density at radius 2 is 1.72 bits per heavy atom. The molecule has 242 valence electrons. The zero-order valence-electron chi connectivity index (χ0n) is 25.9. The van der Waals surface area contributed by atoms with Crippen LogP contribution in [0.25, 0.3) is 0 Å². The first-order valence-electron chi connectivity index (χ1n) is 16.0. The van der Waals surface area contributed by atoms with E-state index >= 15 is 0 Å². The van der Waals surface area contributed by atoms with Gasteiger partial charge in [-0.05, 0) is 71.5 Å². The number of carbonyl (C=O) groups excluding carboxylic acids is 2. The topological polar surface area (TPSA) is 129 Å². The molecule has 0 heterocycles. The number of halogens is 1. The molecule has 3 unspecified atom stereocenters. The Hall–Kier alpha value is -1.89. The van der Waals surface area contributed by atoms with Crippen LogP contribution < -0.4 is 14.8 Å². The number of nitrogens with one attached hydrogen (secondary N) is 1. The summed E-state index contributed by atoms with van der Waals surface area (Å²) in [6.07, 6.45) is 12.9. The van der Waals surface area contributed by atoms with E-state index in [2.05, 4.69) is 34.8 Å². The highest BCUT2D eigenvalue weighted by Crippen LogP contribution is 2.38. The van der Waals surface area contributed by atoms with E-state index in [-0.39, 0.29) is 38.0 Å². The summed E-state index contributed by atoms with van der Waals surface area (Å²) in [7, 11) is 1.51. The van der Waals surface area contributed by atoms with Crippen molar-refractivity contribution < 1.29 is 34.4 Å².